The van der Waals surface area contributed by atoms with Gasteiger partial charge in [-0.3, -0.25) is 9.80 Å². The molecule has 2 aliphatic heterocycles. The fraction of sp³-hybridized carbons (Fsp3) is 0.600. The highest BCUT2D eigenvalue weighted by atomic mass is 79.9. The maximum Gasteiger partial charge on any atom is 0.120 e. The Labute approximate surface area is 129 Å². The summed E-state index contributed by atoms with van der Waals surface area (Å²) in [5.41, 5.74) is 0. The molecule has 1 aromatic carbocycles. The van der Waals surface area contributed by atoms with E-state index in [0.29, 0.717) is 0 Å². The minimum absolute atomic E-state index is 0.765. The number of nitrogens with one attached hydrogen (secondary N) is 1. The van der Waals surface area contributed by atoms with Crippen molar-refractivity contribution < 1.29 is 4.74 Å². The third kappa shape index (κ3) is 3.73. The van der Waals surface area contributed by atoms with E-state index >= 15 is 0 Å². The van der Waals surface area contributed by atoms with Crippen LogP contribution < -0.4 is 10.1 Å². The predicted octanol–water partition coefficient (Wildman–Crippen LogP) is 1.42. The smallest absolute Gasteiger partial charge is 0.120 e. The molecule has 3 rings (SSSR count). The molecule has 20 heavy (non-hydrogen) atoms. The van der Waals surface area contributed by atoms with Gasteiger partial charge in [-0.15, -0.1) is 0 Å². The first-order valence-corrected chi connectivity index (χ1v) is 8.16. The Morgan fingerprint density at radius 2 is 2.00 bits per heavy atom. The van der Waals surface area contributed by atoms with Gasteiger partial charge in [-0.2, -0.15) is 0 Å². The molecule has 0 unspecified atom stereocenters. The van der Waals surface area contributed by atoms with Crippen LogP contribution in [0.15, 0.2) is 28.7 Å². The summed E-state index contributed by atoms with van der Waals surface area (Å²) in [4.78, 5) is 5.11. The summed E-state index contributed by atoms with van der Waals surface area (Å²) in [7, 11) is 0. The van der Waals surface area contributed by atoms with Crippen molar-refractivity contribution in [2.75, 3.05) is 52.4 Å². The molecule has 0 saturated carbocycles. The summed E-state index contributed by atoms with van der Waals surface area (Å²) in [5.74, 6) is 0.943. The average molecular weight is 340 g/mol. The molecule has 0 atom stereocenters. The highest BCUT2D eigenvalue weighted by molar-refractivity contribution is 9.10. The Morgan fingerprint density at radius 1 is 1.20 bits per heavy atom. The van der Waals surface area contributed by atoms with E-state index in [1.165, 1.54) is 39.3 Å². The number of hydrogen-bond acceptors (Lipinski definition) is 4. The SMILES string of the molecule is Brc1cccc(OCCN2CCN(C3CNC3)CC2)c1. The van der Waals surface area contributed by atoms with E-state index < -0.39 is 0 Å². The lowest BCUT2D eigenvalue weighted by Crippen LogP contribution is -2.61. The number of benzene rings is 1. The third-order valence-corrected chi connectivity index (χ3v) is 4.65. The summed E-state index contributed by atoms with van der Waals surface area (Å²) in [6.45, 7) is 8.85. The zero-order valence-electron chi connectivity index (χ0n) is 11.7. The Balaban J connectivity index is 1.35. The normalized spacial score (nSPS) is 21.6. The van der Waals surface area contributed by atoms with Crippen LogP contribution in [0.25, 0.3) is 0 Å². The molecule has 1 aromatic rings. The van der Waals surface area contributed by atoms with Crippen LogP contribution >= 0.6 is 15.9 Å². The number of nitrogens with zero attached hydrogens (tertiary/aromatic N) is 2. The van der Waals surface area contributed by atoms with Crippen LogP contribution in [-0.4, -0.2) is 68.3 Å². The lowest BCUT2D eigenvalue weighted by Gasteiger charge is -2.43. The van der Waals surface area contributed by atoms with E-state index in [2.05, 4.69) is 31.0 Å². The van der Waals surface area contributed by atoms with Crippen LogP contribution in [0.3, 0.4) is 0 Å². The molecule has 0 spiro atoms. The fourth-order valence-corrected chi connectivity index (χ4v) is 3.11. The van der Waals surface area contributed by atoms with Crippen molar-refractivity contribution in [2.24, 2.45) is 0 Å². The van der Waals surface area contributed by atoms with Crippen molar-refractivity contribution >= 4 is 15.9 Å². The minimum Gasteiger partial charge on any atom is -0.492 e. The van der Waals surface area contributed by atoms with E-state index in [4.69, 9.17) is 4.74 Å². The Morgan fingerprint density at radius 3 is 2.65 bits per heavy atom. The zero-order chi connectivity index (χ0) is 13.8. The Bertz CT molecular complexity index is 431. The molecule has 0 radical (unpaired) electrons. The van der Waals surface area contributed by atoms with Crippen LogP contribution in [0.2, 0.25) is 0 Å². The molecule has 0 amide bonds. The molecular formula is C15H22BrN3O. The van der Waals surface area contributed by atoms with E-state index in [-0.39, 0.29) is 0 Å². The van der Waals surface area contributed by atoms with Gasteiger partial charge in [-0.05, 0) is 18.2 Å². The summed E-state index contributed by atoms with van der Waals surface area (Å²) in [6, 6.07) is 8.83. The first-order chi connectivity index (χ1) is 9.81. The van der Waals surface area contributed by atoms with Crippen LogP contribution in [0.1, 0.15) is 0 Å². The maximum absolute atomic E-state index is 5.80. The Kier molecular flexibility index (Phi) is 4.94. The molecule has 4 nitrogen and oxygen atoms in total. The van der Waals surface area contributed by atoms with Crippen molar-refractivity contribution in [3.63, 3.8) is 0 Å². The molecule has 5 heteroatoms. The molecule has 0 bridgehead atoms. The van der Waals surface area contributed by atoms with Gasteiger partial charge >= 0.3 is 0 Å². The van der Waals surface area contributed by atoms with Crippen molar-refractivity contribution in [1.82, 2.24) is 15.1 Å². The van der Waals surface area contributed by atoms with Crippen molar-refractivity contribution in [3.8, 4) is 5.75 Å². The number of hydrogen-bond donors (Lipinski definition) is 1. The summed E-state index contributed by atoms with van der Waals surface area (Å²) in [6.07, 6.45) is 0. The monoisotopic (exact) mass is 339 g/mol. The van der Waals surface area contributed by atoms with E-state index in [0.717, 1.165) is 29.4 Å². The standard InChI is InChI=1S/C15H22BrN3O/c16-13-2-1-3-15(10-13)20-9-8-18-4-6-19(7-5-18)14-11-17-12-14/h1-3,10,14,17H,4-9,11-12H2. The molecule has 110 valence electrons. The number of piperazine rings is 1. The van der Waals surface area contributed by atoms with Crippen LogP contribution in [0, 0.1) is 0 Å². The van der Waals surface area contributed by atoms with Gasteiger partial charge in [0.25, 0.3) is 0 Å². The van der Waals surface area contributed by atoms with E-state index in [1.54, 1.807) is 0 Å². The largest absolute Gasteiger partial charge is 0.492 e. The van der Waals surface area contributed by atoms with Crippen LogP contribution in [0.5, 0.6) is 5.75 Å². The first kappa shape index (κ1) is 14.3. The summed E-state index contributed by atoms with van der Waals surface area (Å²) >= 11 is 3.46. The lowest BCUT2D eigenvalue weighted by molar-refractivity contribution is 0.0663. The Hall–Kier alpha value is -0.620. The molecule has 0 aromatic heterocycles. The van der Waals surface area contributed by atoms with E-state index in [9.17, 15) is 0 Å². The zero-order valence-corrected chi connectivity index (χ0v) is 13.3. The highest BCUT2D eigenvalue weighted by Crippen LogP contribution is 2.17. The fourth-order valence-electron chi connectivity index (χ4n) is 2.73. The first-order valence-electron chi connectivity index (χ1n) is 7.37. The molecule has 2 heterocycles. The average Bonchev–Trinajstić information content (AvgIpc) is 2.39. The topological polar surface area (TPSA) is 27.7 Å². The van der Waals surface area contributed by atoms with Crippen molar-refractivity contribution in [1.29, 1.82) is 0 Å². The second-order valence-corrected chi connectivity index (χ2v) is 6.41. The number of rotatable bonds is 5. The predicted molar refractivity (Wildman–Crippen MR) is 84.3 cm³/mol. The quantitative estimate of drug-likeness (QED) is 0.877. The number of halogens is 1. The van der Waals surface area contributed by atoms with Crippen molar-refractivity contribution in [2.45, 2.75) is 6.04 Å². The summed E-state index contributed by atoms with van der Waals surface area (Å²) in [5, 5.41) is 3.35. The third-order valence-electron chi connectivity index (χ3n) is 4.16. The maximum atomic E-state index is 5.80. The second kappa shape index (κ2) is 6.89. The lowest BCUT2D eigenvalue weighted by atomic mass is 10.1. The summed E-state index contributed by atoms with van der Waals surface area (Å²) < 4.78 is 6.87. The van der Waals surface area contributed by atoms with Gasteiger partial charge in [0.1, 0.15) is 12.4 Å². The van der Waals surface area contributed by atoms with Gasteiger partial charge in [0.15, 0.2) is 0 Å². The molecule has 2 saturated heterocycles. The van der Waals surface area contributed by atoms with Gasteiger partial charge in [-0.1, -0.05) is 22.0 Å². The molecule has 2 fully saturated rings. The highest BCUT2D eigenvalue weighted by Gasteiger charge is 2.27. The molecule has 2 aliphatic rings. The molecule has 1 N–H and O–H groups in total. The number of ether oxygens (including phenoxy) is 1. The van der Waals surface area contributed by atoms with Crippen LogP contribution in [-0.2, 0) is 0 Å². The van der Waals surface area contributed by atoms with E-state index in [1.807, 2.05) is 24.3 Å². The van der Waals surface area contributed by atoms with Gasteiger partial charge < -0.3 is 10.1 Å². The second-order valence-electron chi connectivity index (χ2n) is 5.50. The van der Waals surface area contributed by atoms with Crippen molar-refractivity contribution in [3.05, 3.63) is 28.7 Å². The van der Waals surface area contributed by atoms with Gasteiger partial charge in [-0.25, -0.2) is 0 Å². The van der Waals surface area contributed by atoms with Gasteiger partial charge in [0.05, 0.1) is 0 Å². The van der Waals surface area contributed by atoms with Crippen LogP contribution in [0.4, 0.5) is 0 Å². The van der Waals surface area contributed by atoms with Gasteiger partial charge in [0, 0.05) is 56.3 Å². The molecule has 0 aliphatic carbocycles. The van der Waals surface area contributed by atoms with Gasteiger partial charge in [0.2, 0.25) is 0 Å². The minimum atomic E-state index is 0.765. The molecular weight excluding hydrogens is 318 g/mol.